The Hall–Kier alpha value is -1.30. The van der Waals surface area contributed by atoms with Gasteiger partial charge in [0.25, 0.3) is 0 Å². The van der Waals surface area contributed by atoms with Crippen LogP contribution in [0.3, 0.4) is 0 Å². The molecule has 0 radical (unpaired) electrons. The first-order valence-corrected chi connectivity index (χ1v) is 10.8. The van der Waals surface area contributed by atoms with Crippen molar-refractivity contribution in [3.63, 3.8) is 0 Å². The summed E-state index contributed by atoms with van der Waals surface area (Å²) in [4.78, 5) is 2.53. The molecule has 0 amide bonds. The van der Waals surface area contributed by atoms with Crippen molar-refractivity contribution < 1.29 is 18.9 Å². The topological polar surface area (TPSA) is 40.2 Å². The highest BCUT2D eigenvalue weighted by Gasteiger charge is 2.68. The molecule has 3 unspecified atom stereocenters. The zero-order valence-corrected chi connectivity index (χ0v) is 18.0. The number of methoxy groups -OCH3 is 1. The minimum atomic E-state index is -0.716. The lowest BCUT2D eigenvalue weighted by Crippen LogP contribution is -2.66. The number of nitrogens with zero attached hydrogens (tertiary/aromatic N) is 1. The number of piperidine rings is 1. The highest BCUT2D eigenvalue weighted by Crippen LogP contribution is 2.63. The second kappa shape index (κ2) is 6.10. The molecule has 1 spiro atoms. The van der Waals surface area contributed by atoms with Crippen LogP contribution in [0.1, 0.15) is 51.7 Å². The molecule has 28 heavy (non-hydrogen) atoms. The van der Waals surface area contributed by atoms with E-state index in [0.717, 1.165) is 37.3 Å². The fraction of sp³-hybridized carbons (Fsp3) is 0.739. The van der Waals surface area contributed by atoms with Gasteiger partial charge in [0.2, 0.25) is 5.79 Å². The van der Waals surface area contributed by atoms with E-state index in [1.54, 1.807) is 7.11 Å². The summed E-state index contributed by atoms with van der Waals surface area (Å²) in [5.74, 6) is 1.49. The van der Waals surface area contributed by atoms with E-state index >= 15 is 0 Å². The SMILES string of the molecule is CCC1([C@@H]2Oc3c(OC)ccc4c3[C@@]23CCN(C)[C@H](C4)C3C)OC(C)C(C)O1. The van der Waals surface area contributed by atoms with Crippen LogP contribution in [-0.4, -0.2) is 55.7 Å². The molecule has 3 heterocycles. The molecule has 5 heteroatoms. The summed E-state index contributed by atoms with van der Waals surface area (Å²) in [7, 11) is 3.99. The molecule has 2 fully saturated rings. The van der Waals surface area contributed by atoms with Crippen molar-refractivity contribution in [2.24, 2.45) is 5.92 Å². The van der Waals surface area contributed by atoms with E-state index in [-0.39, 0.29) is 23.7 Å². The van der Waals surface area contributed by atoms with Crippen molar-refractivity contribution in [3.8, 4) is 11.5 Å². The van der Waals surface area contributed by atoms with Crippen LogP contribution in [0.2, 0.25) is 0 Å². The Kier molecular flexibility index (Phi) is 4.08. The minimum absolute atomic E-state index is 0.0611. The van der Waals surface area contributed by atoms with Gasteiger partial charge in [0, 0.05) is 23.4 Å². The lowest BCUT2D eigenvalue weighted by molar-refractivity contribution is -0.247. The zero-order chi connectivity index (χ0) is 19.8. The van der Waals surface area contributed by atoms with Crippen LogP contribution in [0.25, 0.3) is 0 Å². The summed E-state index contributed by atoms with van der Waals surface area (Å²) in [5.41, 5.74) is 2.66. The van der Waals surface area contributed by atoms with Crippen molar-refractivity contribution in [2.75, 3.05) is 20.7 Å². The molecule has 1 aromatic carbocycles. The summed E-state index contributed by atoms with van der Waals surface area (Å²) < 4.78 is 25.6. The molecule has 3 aliphatic heterocycles. The van der Waals surface area contributed by atoms with Gasteiger partial charge < -0.3 is 23.8 Å². The standard InChI is InChI=1S/C23H33NO4/c1-7-23(27-14(3)15(4)28-23)21-22-10-11-24(5)17(13(22)2)12-16-8-9-18(25-6)20(26-21)19(16)22/h8-9,13-15,17,21H,7,10-12H2,1-6H3/t13?,14?,15?,17-,21-,22+,23?/m1/s1. The van der Waals surface area contributed by atoms with Gasteiger partial charge in [-0.3, -0.25) is 0 Å². The Balaban J connectivity index is 1.72. The second-order valence-electron chi connectivity index (χ2n) is 9.27. The normalized spacial score (nSPS) is 44.3. The van der Waals surface area contributed by atoms with Crippen LogP contribution in [-0.2, 0) is 21.3 Å². The van der Waals surface area contributed by atoms with E-state index in [1.165, 1.54) is 11.1 Å². The summed E-state index contributed by atoms with van der Waals surface area (Å²) in [5, 5.41) is 0. The van der Waals surface area contributed by atoms with Crippen LogP contribution in [0.15, 0.2) is 12.1 Å². The van der Waals surface area contributed by atoms with E-state index in [1.807, 2.05) is 0 Å². The molecule has 1 aliphatic carbocycles. The number of hydrogen-bond donors (Lipinski definition) is 0. The first kappa shape index (κ1) is 18.7. The van der Waals surface area contributed by atoms with Gasteiger partial charge >= 0.3 is 0 Å². The quantitative estimate of drug-likeness (QED) is 0.794. The molecule has 2 bridgehead atoms. The lowest BCUT2D eigenvalue weighted by atomic mass is 9.55. The summed E-state index contributed by atoms with van der Waals surface area (Å²) in [6.07, 6.45) is 2.85. The van der Waals surface area contributed by atoms with Crippen LogP contribution in [0.4, 0.5) is 0 Å². The highest BCUT2D eigenvalue weighted by atomic mass is 16.8. The van der Waals surface area contributed by atoms with E-state index in [0.29, 0.717) is 12.0 Å². The van der Waals surface area contributed by atoms with E-state index in [4.69, 9.17) is 18.9 Å². The van der Waals surface area contributed by atoms with Gasteiger partial charge in [-0.05, 0) is 57.8 Å². The van der Waals surface area contributed by atoms with Crippen molar-refractivity contribution in [1.82, 2.24) is 4.90 Å². The maximum atomic E-state index is 6.82. The fourth-order valence-corrected chi connectivity index (χ4v) is 6.48. The van der Waals surface area contributed by atoms with Crippen LogP contribution in [0, 0.1) is 5.92 Å². The molecule has 0 N–H and O–H groups in total. The van der Waals surface area contributed by atoms with Crippen LogP contribution in [0.5, 0.6) is 11.5 Å². The van der Waals surface area contributed by atoms with Gasteiger partial charge in [0.05, 0.1) is 19.3 Å². The van der Waals surface area contributed by atoms with Gasteiger partial charge in [-0.2, -0.15) is 0 Å². The lowest BCUT2D eigenvalue weighted by Gasteiger charge is -2.56. The number of likely N-dealkylation sites (N-methyl/N-ethyl adjacent to an activating group) is 1. The zero-order valence-electron chi connectivity index (χ0n) is 18.0. The van der Waals surface area contributed by atoms with Gasteiger partial charge in [0.1, 0.15) is 0 Å². The molecular formula is C23H33NO4. The van der Waals surface area contributed by atoms with E-state index < -0.39 is 5.79 Å². The van der Waals surface area contributed by atoms with Crippen molar-refractivity contribution in [1.29, 1.82) is 0 Å². The molecule has 4 aliphatic rings. The number of rotatable bonds is 3. The summed E-state index contributed by atoms with van der Waals surface area (Å²) in [6.45, 7) is 9.84. The fourth-order valence-electron chi connectivity index (χ4n) is 6.48. The maximum absolute atomic E-state index is 6.82. The Morgan fingerprint density at radius 1 is 1.18 bits per heavy atom. The highest BCUT2D eigenvalue weighted by molar-refractivity contribution is 5.61. The number of benzene rings is 1. The average molecular weight is 388 g/mol. The van der Waals surface area contributed by atoms with Crippen molar-refractivity contribution >= 4 is 0 Å². The monoisotopic (exact) mass is 387 g/mol. The predicted molar refractivity (Wildman–Crippen MR) is 107 cm³/mol. The number of likely N-dealkylation sites (tertiary alicyclic amines) is 1. The third-order valence-corrected chi connectivity index (χ3v) is 8.18. The first-order chi connectivity index (χ1) is 13.4. The first-order valence-electron chi connectivity index (χ1n) is 10.8. The second-order valence-corrected chi connectivity index (χ2v) is 9.27. The van der Waals surface area contributed by atoms with Crippen LogP contribution >= 0.6 is 0 Å². The number of hydrogen-bond acceptors (Lipinski definition) is 5. The number of fused-ring (bicyclic) bond motifs is 1. The molecule has 1 aromatic rings. The number of ether oxygens (including phenoxy) is 4. The third-order valence-electron chi connectivity index (χ3n) is 8.18. The largest absolute Gasteiger partial charge is 0.493 e. The molecule has 6 atom stereocenters. The Bertz CT molecular complexity index is 785. The van der Waals surface area contributed by atoms with Gasteiger partial charge in [-0.1, -0.05) is 19.9 Å². The molecule has 0 aromatic heterocycles. The maximum Gasteiger partial charge on any atom is 0.207 e. The molecular weight excluding hydrogens is 354 g/mol. The Labute approximate surface area is 168 Å². The summed E-state index contributed by atoms with van der Waals surface area (Å²) >= 11 is 0. The molecule has 154 valence electrons. The Morgan fingerprint density at radius 3 is 2.54 bits per heavy atom. The van der Waals surface area contributed by atoms with Gasteiger partial charge in [0.15, 0.2) is 17.6 Å². The Morgan fingerprint density at radius 2 is 1.89 bits per heavy atom. The van der Waals surface area contributed by atoms with Gasteiger partial charge in [-0.15, -0.1) is 0 Å². The molecule has 0 saturated carbocycles. The average Bonchev–Trinajstić information content (AvgIpc) is 3.18. The van der Waals surface area contributed by atoms with Crippen LogP contribution < -0.4 is 9.47 Å². The summed E-state index contributed by atoms with van der Waals surface area (Å²) in [6, 6.07) is 4.82. The minimum Gasteiger partial charge on any atom is -0.493 e. The molecule has 2 saturated heterocycles. The predicted octanol–water partition coefficient (Wildman–Crippen LogP) is 3.52. The van der Waals surface area contributed by atoms with E-state index in [9.17, 15) is 0 Å². The third kappa shape index (κ3) is 2.13. The smallest absolute Gasteiger partial charge is 0.207 e. The van der Waals surface area contributed by atoms with Crippen molar-refractivity contribution in [2.45, 2.75) is 82.5 Å². The molecule has 5 nitrogen and oxygen atoms in total. The van der Waals surface area contributed by atoms with Gasteiger partial charge in [-0.25, -0.2) is 0 Å². The molecule has 5 rings (SSSR count). The van der Waals surface area contributed by atoms with Crippen molar-refractivity contribution in [3.05, 3.63) is 23.3 Å². The van der Waals surface area contributed by atoms with E-state index in [2.05, 4.69) is 51.8 Å².